The summed E-state index contributed by atoms with van der Waals surface area (Å²) in [5.41, 5.74) is 1.35. The molecule has 1 N–H and O–H groups in total. The van der Waals surface area contributed by atoms with Gasteiger partial charge >= 0.3 is 5.97 Å². The standard InChI is InChI=1S/C22H20N4O4S/c1-3-5-18-25-26-19(23)16(20(27)24-22(26)31-18)12-15-10-11-17(30-15)13-6-8-14(9-7-13)21(28)29-4-2/h6-12,23H,3-5H2,1-2H3/b16-12-,23-19?. The molecule has 0 bridgehead atoms. The molecule has 0 unspecified atom stereocenters. The smallest absolute Gasteiger partial charge is 0.338 e. The number of nitrogens with zero attached hydrogens (tertiary/aromatic N) is 3. The van der Waals surface area contributed by atoms with Crippen molar-refractivity contribution in [3.05, 3.63) is 53.3 Å². The third-order valence-electron chi connectivity index (χ3n) is 4.55. The van der Waals surface area contributed by atoms with E-state index in [0.29, 0.717) is 28.9 Å². The first kappa shape index (κ1) is 20.8. The fourth-order valence-corrected chi connectivity index (χ4v) is 4.05. The van der Waals surface area contributed by atoms with Crippen molar-refractivity contribution in [1.82, 2.24) is 5.01 Å². The number of hydrogen-bond acceptors (Lipinski definition) is 7. The molecule has 0 fully saturated rings. The number of fused-ring (bicyclic) bond motifs is 1. The van der Waals surface area contributed by atoms with Crippen molar-refractivity contribution in [3.63, 3.8) is 0 Å². The van der Waals surface area contributed by atoms with Gasteiger partial charge in [0, 0.05) is 5.56 Å². The molecule has 4 rings (SSSR count). The Morgan fingerprint density at radius 1 is 1.23 bits per heavy atom. The largest absolute Gasteiger partial charge is 0.462 e. The second kappa shape index (κ2) is 8.73. The Hall–Kier alpha value is -3.46. The van der Waals surface area contributed by atoms with Gasteiger partial charge in [-0.2, -0.15) is 15.1 Å². The Kier molecular flexibility index (Phi) is 5.85. The van der Waals surface area contributed by atoms with Crippen LogP contribution in [0.5, 0.6) is 0 Å². The quantitative estimate of drug-likeness (QED) is 0.526. The zero-order valence-electron chi connectivity index (χ0n) is 17.0. The zero-order valence-corrected chi connectivity index (χ0v) is 17.9. The van der Waals surface area contributed by atoms with Gasteiger partial charge in [-0.1, -0.05) is 19.1 Å². The van der Waals surface area contributed by atoms with E-state index in [1.54, 1.807) is 43.3 Å². The fraction of sp³-hybridized carbons (Fsp3) is 0.227. The molecule has 31 heavy (non-hydrogen) atoms. The number of hydrogen-bond donors (Lipinski definition) is 1. The highest BCUT2D eigenvalue weighted by Gasteiger charge is 2.35. The van der Waals surface area contributed by atoms with Gasteiger partial charge < -0.3 is 9.15 Å². The van der Waals surface area contributed by atoms with Gasteiger partial charge in [-0.15, -0.1) is 0 Å². The summed E-state index contributed by atoms with van der Waals surface area (Å²) in [6.45, 7) is 4.12. The van der Waals surface area contributed by atoms with Crippen LogP contribution in [0.4, 0.5) is 0 Å². The molecule has 0 saturated heterocycles. The highest BCUT2D eigenvalue weighted by molar-refractivity contribution is 8.26. The lowest BCUT2D eigenvalue weighted by molar-refractivity contribution is -0.114. The molecule has 0 atom stereocenters. The maximum absolute atomic E-state index is 12.5. The molecule has 2 aliphatic heterocycles. The van der Waals surface area contributed by atoms with Crippen LogP contribution in [-0.2, 0) is 9.53 Å². The molecule has 3 heterocycles. The molecule has 2 aromatic rings. The number of ether oxygens (including phenoxy) is 1. The van der Waals surface area contributed by atoms with E-state index in [9.17, 15) is 9.59 Å². The van der Waals surface area contributed by atoms with Crippen molar-refractivity contribution in [2.75, 3.05) is 6.61 Å². The lowest BCUT2D eigenvalue weighted by atomic mass is 10.1. The van der Waals surface area contributed by atoms with E-state index in [4.69, 9.17) is 14.6 Å². The van der Waals surface area contributed by atoms with Gasteiger partial charge in [-0.3, -0.25) is 10.2 Å². The van der Waals surface area contributed by atoms with E-state index in [-0.39, 0.29) is 17.4 Å². The zero-order chi connectivity index (χ0) is 22.0. The fourth-order valence-electron chi connectivity index (χ4n) is 3.06. The van der Waals surface area contributed by atoms with Gasteiger partial charge in [0.15, 0.2) is 5.84 Å². The second-order valence-corrected chi connectivity index (χ2v) is 7.80. The summed E-state index contributed by atoms with van der Waals surface area (Å²) in [5.74, 6) is 0.0961. The first-order chi connectivity index (χ1) is 15.0. The van der Waals surface area contributed by atoms with E-state index >= 15 is 0 Å². The maximum atomic E-state index is 12.5. The van der Waals surface area contributed by atoms with Crippen molar-refractivity contribution < 1.29 is 18.7 Å². The minimum Gasteiger partial charge on any atom is -0.462 e. The monoisotopic (exact) mass is 436 g/mol. The Morgan fingerprint density at radius 3 is 2.71 bits per heavy atom. The number of rotatable bonds is 6. The van der Waals surface area contributed by atoms with E-state index in [1.165, 1.54) is 22.8 Å². The lowest BCUT2D eigenvalue weighted by Crippen LogP contribution is -2.35. The normalized spacial score (nSPS) is 17.0. The summed E-state index contributed by atoms with van der Waals surface area (Å²) in [4.78, 5) is 28.3. The summed E-state index contributed by atoms with van der Waals surface area (Å²) >= 11 is 1.32. The molecule has 0 aliphatic carbocycles. The molecule has 0 radical (unpaired) electrons. The number of amides is 1. The Bertz CT molecular complexity index is 1140. The number of thioether (sulfide) groups is 1. The van der Waals surface area contributed by atoms with Crippen molar-refractivity contribution in [2.45, 2.75) is 26.7 Å². The van der Waals surface area contributed by atoms with Crippen molar-refractivity contribution in [3.8, 4) is 11.3 Å². The van der Waals surface area contributed by atoms with E-state index in [2.05, 4.69) is 10.1 Å². The minimum atomic E-state index is -0.492. The summed E-state index contributed by atoms with van der Waals surface area (Å²) in [7, 11) is 0. The van der Waals surface area contributed by atoms with Gasteiger partial charge in [0.1, 0.15) is 16.6 Å². The summed E-state index contributed by atoms with van der Waals surface area (Å²) in [6.07, 6.45) is 3.20. The number of aliphatic imine (C=N–C) groups is 1. The van der Waals surface area contributed by atoms with Crippen LogP contribution in [0, 0.1) is 5.41 Å². The van der Waals surface area contributed by atoms with Crippen LogP contribution in [0.3, 0.4) is 0 Å². The van der Waals surface area contributed by atoms with Crippen LogP contribution in [0.15, 0.2) is 56.5 Å². The van der Waals surface area contributed by atoms with Crippen molar-refractivity contribution >= 4 is 45.8 Å². The summed E-state index contributed by atoms with van der Waals surface area (Å²) in [6, 6.07) is 10.3. The molecule has 9 heteroatoms. The van der Waals surface area contributed by atoms with E-state index in [1.807, 2.05) is 6.92 Å². The highest BCUT2D eigenvalue weighted by atomic mass is 32.2. The molecule has 2 aliphatic rings. The second-order valence-electron chi connectivity index (χ2n) is 6.76. The predicted molar refractivity (Wildman–Crippen MR) is 120 cm³/mol. The molecule has 158 valence electrons. The maximum Gasteiger partial charge on any atom is 0.338 e. The molecule has 0 spiro atoms. The molecule has 1 amide bonds. The van der Waals surface area contributed by atoms with E-state index in [0.717, 1.165) is 23.4 Å². The van der Waals surface area contributed by atoms with Crippen molar-refractivity contribution in [1.29, 1.82) is 5.41 Å². The number of carbonyl (C=O) groups is 2. The Labute approximate surface area is 183 Å². The summed E-state index contributed by atoms with van der Waals surface area (Å²) < 4.78 is 10.8. The molecule has 1 aromatic heterocycles. The van der Waals surface area contributed by atoms with E-state index < -0.39 is 5.91 Å². The molecule has 8 nitrogen and oxygen atoms in total. The third-order valence-corrected chi connectivity index (χ3v) is 5.52. The first-order valence-electron chi connectivity index (χ1n) is 9.86. The van der Waals surface area contributed by atoms with Gasteiger partial charge in [0.05, 0.1) is 17.7 Å². The number of hydrazone groups is 1. The first-order valence-corrected chi connectivity index (χ1v) is 10.7. The highest BCUT2D eigenvalue weighted by Crippen LogP contribution is 2.30. The van der Waals surface area contributed by atoms with Crippen LogP contribution >= 0.6 is 11.8 Å². The van der Waals surface area contributed by atoms with Crippen molar-refractivity contribution in [2.24, 2.45) is 10.1 Å². The summed E-state index contributed by atoms with van der Waals surface area (Å²) in [5, 5.41) is 15.4. The lowest BCUT2D eigenvalue weighted by Gasteiger charge is -2.19. The number of carbonyl (C=O) groups excluding carboxylic acids is 2. The number of esters is 1. The molecule has 1 aromatic carbocycles. The van der Waals surface area contributed by atoms with Gasteiger partial charge in [-0.05, 0) is 61.9 Å². The average molecular weight is 436 g/mol. The Morgan fingerprint density at radius 2 is 2.00 bits per heavy atom. The van der Waals surface area contributed by atoms with Crippen LogP contribution in [0.2, 0.25) is 0 Å². The van der Waals surface area contributed by atoms with Gasteiger partial charge in [0.25, 0.3) is 5.91 Å². The van der Waals surface area contributed by atoms with Gasteiger partial charge in [-0.25, -0.2) is 4.79 Å². The minimum absolute atomic E-state index is 0.0228. The molecule has 0 saturated carbocycles. The molecular weight excluding hydrogens is 416 g/mol. The topological polar surface area (TPSA) is 108 Å². The molecular formula is C22H20N4O4S. The van der Waals surface area contributed by atoms with Gasteiger partial charge in [0.2, 0.25) is 5.17 Å². The number of nitrogens with one attached hydrogen (secondary N) is 1. The predicted octanol–water partition coefficient (Wildman–Crippen LogP) is 4.54. The van der Waals surface area contributed by atoms with Crippen LogP contribution in [-0.4, -0.2) is 39.5 Å². The number of furan rings is 1. The number of benzene rings is 1. The average Bonchev–Trinajstić information content (AvgIpc) is 3.39. The van der Waals surface area contributed by atoms with Crippen LogP contribution in [0.25, 0.3) is 17.4 Å². The van der Waals surface area contributed by atoms with Crippen LogP contribution < -0.4 is 0 Å². The third kappa shape index (κ3) is 4.22. The number of amidine groups is 2. The SMILES string of the molecule is CCCC1=NN2C(=N)/C(=C/c3ccc(-c4ccc(C(=O)OCC)cc4)o3)C(=O)N=C2S1. The van der Waals surface area contributed by atoms with Crippen LogP contribution in [0.1, 0.15) is 42.8 Å². The Balaban J connectivity index is 1.55.